The lowest BCUT2D eigenvalue weighted by Crippen LogP contribution is -2.09. The molecule has 1 aromatic carbocycles. The Hall–Kier alpha value is -2.64. The van der Waals surface area contributed by atoms with Gasteiger partial charge in [0, 0.05) is 30.6 Å². The normalized spacial score (nSPS) is 14.5. The third-order valence-electron chi connectivity index (χ3n) is 4.03. The minimum atomic E-state index is -4.57. The van der Waals surface area contributed by atoms with Crippen LogP contribution in [0.3, 0.4) is 0 Å². The van der Waals surface area contributed by atoms with Crippen molar-refractivity contribution >= 4 is 11.4 Å². The van der Waals surface area contributed by atoms with Crippen molar-refractivity contribution in [2.45, 2.75) is 13.1 Å². The molecule has 0 atom stereocenters. The fourth-order valence-corrected chi connectivity index (χ4v) is 2.63. The molecule has 0 amide bonds. The summed E-state index contributed by atoms with van der Waals surface area (Å²) in [5, 5.41) is 6.50. The van der Waals surface area contributed by atoms with E-state index in [-0.39, 0.29) is 11.3 Å². The summed E-state index contributed by atoms with van der Waals surface area (Å²) in [7, 11) is 1.35. The maximum absolute atomic E-state index is 14.4. The van der Waals surface area contributed by atoms with Gasteiger partial charge in [-0.3, -0.25) is 9.67 Å². The average molecular weight is 352 g/mol. The lowest BCUT2D eigenvalue weighted by Gasteiger charge is -2.10. The van der Waals surface area contributed by atoms with Crippen LogP contribution in [0.1, 0.15) is 12.6 Å². The third kappa shape index (κ3) is 3.57. The van der Waals surface area contributed by atoms with Crippen LogP contribution in [0.15, 0.2) is 40.9 Å². The highest BCUT2D eigenvalue weighted by molar-refractivity contribution is 6.00. The van der Waals surface area contributed by atoms with Gasteiger partial charge in [0.25, 0.3) is 0 Å². The fourth-order valence-electron chi connectivity index (χ4n) is 2.63. The standard InChI is InChI=1S/C17H16F4N4/c1-10-11(5-6-22-10)9-23-12-3-4-13(14(18)7-12)15-8-16(17(19,20)21)24-25(15)2/h3-5,7-8,23H,6,9H2,1-2H3. The number of rotatable bonds is 4. The van der Waals surface area contributed by atoms with Gasteiger partial charge in [0.15, 0.2) is 5.69 Å². The average Bonchev–Trinajstić information content (AvgIpc) is 3.11. The molecule has 25 heavy (non-hydrogen) atoms. The SMILES string of the molecule is CC1=NCC=C1CNc1ccc(-c2cc(C(F)(F)F)nn2C)c(F)c1. The summed E-state index contributed by atoms with van der Waals surface area (Å²) in [6, 6.07) is 5.17. The topological polar surface area (TPSA) is 42.2 Å². The van der Waals surface area contributed by atoms with E-state index >= 15 is 0 Å². The minimum Gasteiger partial charge on any atom is -0.381 e. The molecule has 0 bridgehead atoms. The maximum Gasteiger partial charge on any atom is 0.435 e. The summed E-state index contributed by atoms with van der Waals surface area (Å²) in [4.78, 5) is 4.24. The molecule has 0 unspecified atom stereocenters. The van der Waals surface area contributed by atoms with Gasteiger partial charge in [0.2, 0.25) is 0 Å². The van der Waals surface area contributed by atoms with Crippen molar-refractivity contribution in [2.24, 2.45) is 12.0 Å². The van der Waals surface area contributed by atoms with Gasteiger partial charge in [-0.1, -0.05) is 6.08 Å². The van der Waals surface area contributed by atoms with Crippen molar-refractivity contribution in [2.75, 3.05) is 18.4 Å². The van der Waals surface area contributed by atoms with Crippen LogP contribution < -0.4 is 5.32 Å². The molecule has 4 nitrogen and oxygen atoms in total. The van der Waals surface area contributed by atoms with E-state index in [4.69, 9.17) is 0 Å². The van der Waals surface area contributed by atoms with E-state index in [0.717, 1.165) is 22.0 Å². The molecule has 0 saturated carbocycles. The van der Waals surface area contributed by atoms with E-state index in [9.17, 15) is 17.6 Å². The molecule has 0 radical (unpaired) electrons. The van der Waals surface area contributed by atoms with Gasteiger partial charge < -0.3 is 5.32 Å². The Morgan fingerprint density at radius 3 is 2.56 bits per heavy atom. The largest absolute Gasteiger partial charge is 0.435 e. The van der Waals surface area contributed by atoms with E-state index in [0.29, 0.717) is 18.8 Å². The highest BCUT2D eigenvalue weighted by atomic mass is 19.4. The molecule has 132 valence electrons. The van der Waals surface area contributed by atoms with Gasteiger partial charge in [-0.25, -0.2) is 4.39 Å². The molecule has 0 spiro atoms. The first-order chi connectivity index (χ1) is 11.8. The van der Waals surface area contributed by atoms with Crippen LogP contribution in [0.2, 0.25) is 0 Å². The van der Waals surface area contributed by atoms with Crippen molar-refractivity contribution in [3.05, 3.63) is 47.4 Å². The molecule has 8 heteroatoms. The Morgan fingerprint density at radius 2 is 2.00 bits per heavy atom. The number of alkyl halides is 3. The number of nitrogens with zero attached hydrogens (tertiary/aromatic N) is 3. The number of aryl methyl sites for hydroxylation is 1. The molecule has 2 heterocycles. The second-order valence-electron chi connectivity index (χ2n) is 5.74. The lowest BCUT2D eigenvalue weighted by molar-refractivity contribution is -0.141. The highest BCUT2D eigenvalue weighted by Gasteiger charge is 2.35. The fraction of sp³-hybridized carbons (Fsp3) is 0.294. The number of hydrogen-bond acceptors (Lipinski definition) is 3. The summed E-state index contributed by atoms with van der Waals surface area (Å²) >= 11 is 0. The highest BCUT2D eigenvalue weighted by Crippen LogP contribution is 2.32. The van der Waals surface area contributed by atoms with E-state index in [2.05, 4.69) is 15.4 Å². The molecule has 1 N–H and O–H groups in total. The molecular weight excluding hydrogens is 336 g/mol. The van der Waals surface area contributed by atoms with Gasteiger partial charge in [-0.2, -0.15) is 18.3 Å². The first-order valence-electron chi connectivity index (χ1n) is 7.61. The predicted octanol–water partition coefficient (Wildman–Crippen LogP) is 4.06. The number of aliphatic imine (C=N–C) groups is 1. The van der Waals surface area contributed by atoms with Crippen LogP contribution in [0.5, 0.6) is 0 Å². The van der Waals surface area contributed by atoms with Crippen LogP contribution in [-0.2, 0) is 13.2 Å². The molecule has 0 aliphatic carbocycles. The summed E-state index contributed by atoms with van der Waals surface area (Å²) < 4.78 is 53.7. The first kappa shape index (κ1) is 17.2. The Balaban J connectivity index is 1.81. The van der Waals surface area contributed by atoms with Crippen LogP contribution in [0.4, 0.5) is 23.2 Å². The van der Waals surface area contributed by atoms with Crippen molar-refractivity contribution in [1.82, 2.24) is 9.78 Å². The zero-order chi connectivity index (χ0) is 18.2. The molecule has 0 fully saturated rings. The van der Waals surface area contributed by atoms with E-state index < -0.39 is 17.7 Å². The molecule has 2 aromatic rings. The Labute approximate surface area is 141 Å². The van der Waals surface area contributed by atoms with Gasteiger partial charge in [-0.15, -0.1) is 0 Å². The number of hydrogen-bond donors (Lipinski definition) is 1. The van der Waals surface area contributed by atoms with Crippen LogP contribution in [0.25, 0.3) is 11.3 Å². The number of benzene rings is 1. The molecular formula is C17H16F4N4. The Bertz CT molecular complexity index is 862. The molecule has 1 aliphatic rings. The van der Waals surface area contributed by atoms with E-state index in [1.54, 1.807) is 6.07 Å². The first-order valence-corrected chi connectivity index (χ1v) is 7.61. The van der Waals surface area contributed by atoms with Gasteiger partial charge in [-0.05, 0) is 36.8 Å². The number of halogens is 4. The number of anilines is 1. The van der Waals surface area contributed by atoms with Crippen molar-refractivity contribution in [1.29, 1.82) is 0 Å². The molecule has 3 rings (SSSR count). The third-order valence-corrected chi connectivity index (χ3v) is 4.03. The number of aromatic nitrogens is 2. The quantitative estimate of drug-likeness (QED) is 0.844. The van der Waals surface area contributed by atoms with E-state index in [1.807, 2.05) is 13.0 Å². The summed E-state index contributed by atoms with van der Waals surface area (Å²) in [6.45, 7) is 3.07. The summed E-state index contributed by atoms with van der Waals surface area (Å²) in [6.07, 6.45) is -2.58. The van der Waals surface area contributed by atoms with Crippen LogP contribution in [-0.4, -0.2) is 28.6 Å². The Morgan fingerprint density at radius 1 is 1.24 bits per heavy atom. The second kappa shape index (κ2) is 6.34. The summed E-state index contributed by atoms with van der Waals surface area (Å²) in [5.74, 6) is -0.618. The minimum absolute atomic E-state index is 0.0638. The zero-order valence-corrected chi connectivity index (χ0v) is 13.7. The van der Waals surface area contributed by atoms with Crippen LogP contribution >= 0.6 is 0 Å². The lowest BCUT2D eigenvalue weighted by atomic mass is 10.1. The maximum atomic E-state index is 14.4. The summed E-state index contributed by atoms with van der Waals surface area (Å²) in [5.41, 5.74) is 1.62. The monoisotopic (exact) mass is 352 g/mol. The zero-order valence-electron chi connectivity index (χ0n) is 13.7. The van der Waals surface area contributed by atoms with Gasteiger partial charge in [0.05, 0.1) is 12.2 Å². The van der Waals surface area contributed by atoms with Gasteiger partial charge >= 0.3 is 6.18 Å². The van der Waals surface area contributed by atoms with E-state index in [1.165, 1.54) is 19.2 Å². The van der Waals surface area contributed by atoms with Crippen LogP contribution in [0, 0.1) is 5.82 Å². The molecule has 0 saturated heterocycles. The second-order valence-corrected chi connectivity index (χ2v) is 5.74. The van der Waals surface area contributed by atoms with Gasteiger partial charge in [0.1, 0.15) is 5.82 Å². The predicted molar refractivity (Wildman–Crippen MR) is 88.2 cm³/mol. The van der Waals surface area contributed by atoms with Crippen molar-refractivity contribution in [3.63, 3.8) is 0 Å². The van der Waals surface area contributed by atoms with Crippen molar-refractivity contribution in [3.8, 4) is 11.3 Å². The molecule has 1 aliphatic heterocycles. The Kier molecular flexibility index (Phi) is 4.36. The smallest absolute Gasteiger partial charge is 0.381 e. The molecule has 1 aromatic heterocycles. The van der Waals surface area contributed by atoms with Crippen molar-refractivity contribution < 1.29 is 17.6 Å². The number of nitrogens with one attached hydrogen (secondary N) is 1.